The summed E-state index contributed by atoms with van der Waals surface area (Å²) in [5, 5.41) is 10.0. The van der Waals surface area contributed by atoms with Gasteiger partial charge in [-0.3, -0.25) is 5.10 Å². The van der Waals surface area contributed by atoms with Gasteiger partial charge in [-0.05, 0) is 25.7 Å². The number of aromatic nitrogens is 2. The Labute approximate surface area is 120 Å². The van der Waals surface area contributed by atoms with Crippen LogP contribution in [0, 0.1) is 0 Å². The van der Waals surface area contributed by atoms with E-state index in [0.29, 0.717) is 18.2 Å². The van der Waals surface area contributed by atoms with E-state index in [2.05, 4.69) is 27.2 Å². The first-order chi connectivity index (χ1) is 9.56. The summed E-state index contributed by atoms with van der Waals surface area (Å²) in [5.74, 6) is 0. The fourth-order valence-electron chi connectivity index (χ4n) is 2.17. The summed E-state index contributed by atoms with van der Waals surface area (Å²) in [4.78, 5) is 0. The van der Waals surface area contributed by atoms with Gasteiger partial charge in [-0.15, -0.1) is 0 Å². The minimum Gasteiger partial charge on any atom is -0.310 e. The summed E-state index contributed by atoms with van der Waals surface area (Å²) in [6, 6.07) is 0.523. The molecule has 0 aromatic carbocycles. The highest BCUT2D eigenvalue weighted by Gasteiger charge is 2.25. The molecule has 1 aliphatic carbocycles. The van der Waals surface area contributed by atoms with Gasteiger partial charge in [0.1, 0.15) is 0 Å². The second kappa shape index (κ2) is 6.69. The Balaban J connectivity index is 2.05. The van der Waals surface area contributed by atoms with Crippen LogP contribution in [-0.4, -0.2) is 30.7 Å². The van der Waals surface area contributed by atoms with E-state index in [4.69, 9.17) is 0 Å². The molecule has 0 aliphatic heterocycles. The van der Waals surface area contributed by atoms with Gasteiger partial charge in [0.2, 0.25) is 0 Å². The fraction of sp³-hybridized carbons (Fsp3) is 0.769. The minimum absolute atomic E-state index is 0.0162. The molecule has 1 fully saturated rings. The molecule has 1 aliphatic rings. The topological polar surface area (TPSA) is 86.9 Å². The van der Waals surface area contributed by atoms with Gasteiger partial charge < -0.3 is 5.32 Å². The van der Waals surface area contributed by atoms with Gasteiger partial charge >= 0.3 is 0 Å². The van der Waals surface area contributed by atoms with Crippen molar-refractivity contribution in [3.05, 3.63) is 11.8 Å². The van der Waals surface area contributed by atoms with Crippen molar-refractivity contribution in [2.75, 3.05) is 0 Å². The lowest BCUT2D eigenvalue weighted by Crippen LogP contribution is -2.35. The van der Waals surface area contributed by atoms with E-state index in [1.165, 1.54) is 12.8 Å². The number of nitrogens with one attached hydrogen (secondary N) is 3. The lowest BCUT2D eigenvalue weighted by atomic mass is 10.1. The van der Waals surface area contributed by atoms with Gasteiger partial charge in [0.25, 0.3) is 10.0 Å². The summed E-state index contributed by atoms with van der Waals surface area (Å²) < 4.78 is 27.6. The highest BCUT2D eigenvalue weighted by molar-refractivity contribution is 7.89. The summed E-state index contributed by atoms with van der Waals surface area (Å²) in [5.41, 5.74) is 0.704. The van der Waals surface area contributed by atoms with E-state index in [9.17, 15) is 8.42 Å². The molecule has 1 aromatic rings. The Morgan fingerprint density at radius 2 is 2.20 bits per heavy atom. The lowest BCUT2D eigenvalue weighted by molar-refractivity contribution is 0.509. The molecule has 7 heteroatoms. The number of sulfonamides is 1. The number of hydrogen-bond donors (Lipinski definition) is 3. The normalized spacial score (nSPS) is 17.3. The van der Waals surface area contributed by atoms with Crippen molar-refractivity contribution in [2.24, 2.45) is 0 Å². The van der Waals surface area contributed by atoms with Gasteiger partial charge in [-0.1, -0.05) is 20.3 Å². The molecule has 1 heterocycles. The molecule has 20 heavy (non-hydrogen) atoms. The van der Waals surface area contributed by atoms with Crippen LogP contribution in [-0.2, 0) is 16.6 Å². The number of nitrogens with zero attached hydrogens (tertiary/aromatic N) is 1. The van der Waals surface area contributed by atoms with Crippen LogP contribution in [0.4, 0.5) is 0 Å². The zero-order valence-corrected chi connectivity index (χ0v) is 13.0. The third kappa shape index (κ3) is 4.04. The molecule has 6 nitrogen and oxygen atoms in total. The predicted molar refractivity (Wildman–Crippen MR) is 77.8 cm³/mol. The maximum Gasteiger partial charge on any atom is 0.258 e. The van der Waals surface area contributed by atoms with E-state index in [1.807, 2.05) is 6.92 Å². The van der Waals surface area contributed by atoms with Crippen LogP contribution in [0.15, 0.2) is 11.2 Å². The van der Waals surface area contributed by atoms with Crippen LogP contribution in [0.3, 0.4) is 0 Å². The molecule has 2 rings (SSSR count). The highest BCUT2D eigenvalue weighted by atomic mass is 32.2. The van der Waals surface area contributed by atoms with Crippen molar-refractivity contribution < 1.29 is 8.42 Å². The smallest absolute Gasteiger partial charge is 0.258 e. The van der Waals surface area contributed by atoms with Crippen molar-refractivity contribution in [3.8, 4) is 0 Å². The molecule has 1 saturated carbocycles. The van der Waals surface area contributed by atoms with Crippen LogP contribution < -0.4 is 10.0 Å². The van der Waals surface area contributed by atoms with Gasteiger partial charge in [-0.2, -0.15) is 5.10 Å². The average Bonchev–Trinajstić information content (AvgIpc) is 3.11. The first-order valence-corrected chi connectivity index (χ1v) is 8.83. The third-order valence-electron chi connectivity index (χ3n) is 3.56. The molecule has 1 unspecified atom stereocenters. The zero-order chi connectivity index (χ0) is 14.6. The summed E-state index contributed by atoms with van der Waals surface area (Å²) >= 11 is 0. The van der Waals surface area contributed by atoms with E-state index in [-0.39, 0.29) is 11.1 Å². The van der Waals surface area contributed by atoms with Gasteiger partial charge in [-0.25, -0.2) is 13.1 Å². The van der Waals surface area contributed by atoms with Crippen LogP contribution >= 0.6 is 0 Å². The van der Waals surface area contributed by atoms with Crippen molar-refractivity contribution in [1.82, 2.24) is 20.2 Å². The number of rotatable bonds is 9. The van der Waals surface area contributed by atoms with E-state index in [0.717, 1.165) is 19.3 Å². The monoisotopic (exact) mass is 300 g/mol. The van der Waals surface area contributed by atoms with Crippen molar-refractivity contribution in [2.45, 2.75) is 69.6 Å². The zero-order valence-electron chi connectivity index (χ0n) is 12.1. The molecule has 114 valence electrons. The molecule has 0 amide bonds. The SMILES string of the molecule is CCCC(CC)NS(=O)(=O)c1[nH]ncc1CNC1CC1. The largest absolute Gasteiger partial charge is 0.310 e. The van der Waals surface area contributed by atoms with Crippen molar-refractivity contribution in [1.29, 1.82) is 0 Å². The summed E-state index contributed by atoms with van der Waals surface area (Å²) in [7, 11) is -3.52. The van der Waals surface area contributed by atoms with Crippen molar-refractivity contribution >= 4 is 10.0 Å². The number of H-pyrrole nitrogens is 1. The predicted octanol–water partition coefficient (Wildman–Crippen LogP) is 1.52. The van der Waals surface area contributed by atoms with Gasteiger partial charge in [0.15, 0.2) is 5.03 Å². The minimum atomic E-state index is -3.52. The van der Waals surface area contributed by atoms with Crippen LogP contribution in [0.25, 0.3) is 0 Å². The fourth-order valence-corrected chi connectivity index (χ4v) is 3.66. The lowest BCUT2D eigenvalue weighted by Gasteiger charge is -2.16. The molecular formula is C13H24N4O2S. The molecule has 0 spiro atoms. The third-order valence-corrected chi connectivity index (χ3v) is 5.09. The van der Waals surface area contributed by atoms with E-state index >= 15 is 0 Å². The Hall–Kier alpha value is -0.920. The second-order valence-electron chi connectivity index (χ2n) is 5.39. The first-order valence-electron chi connectivity index (χ1n) is 7.34. The molecular weight excluding hydrogens is 276 g/mol. The Morgan fingerprint density at radius 3 is 2.80 bits per heavy atom. The van der Waals surface area contributed by atoms with E-state index in [1.54, 1.807) is 6.20 Å². The molecule has 1 atom stereocenters. The highest BCUT2D eigenvalue weighted by Crippen LogP contribution is 2.20. The Kier molecular flexibility index (Phi) is 5.17. The Bertz CT molecular complexity index is 522. The Morgan fingerprint density at radius 1 is 1.45 bits per heavy atom. The maximum absolute atomic E-state index is 12.4. The van der Waals surface area contributed by atoms with Crippen LogP contribution in [0.1, 0.15) is 51.5 Å². The van der Waals surface area contributed by atoms with Gasteiger partial charge in [0.05, 0.1) is 6.20 Å². The molecule has 3 N–H and O–H groups in total. The van der Waals surface area contributed by atoms with Gasteiger partial charge in [0, 0.05) is 24.2 Å². The molecule has 0 radical (unpaired) electrons. The average molecular weight is 300 g/mol. The standard InChI is InChI=1S/C13H24N4O2S/c1-3-5-11(4-2)17-20(18,19)13-10(9-15-16-13)8-14-12-6-7-12/h9,11-12,14,17H,3-8H2,1-2H3,(H,15,16). The summed E-state index contributed by atoms with van der Waals surface area (Å²) in [6.45, 7) is 4.59. The first kappa shape index (κ1) is 15.5. The number of hydrogen-bond acceptors (Lipinski definition) is 4. The maximum atomic E-state index is 12.4. The van der Waals surface area contributed by atoms with Crippen LogP contribution in [0.5, 0.6) is 0 Å². The van der Waals surface area contributed by atoms with E-state index < -0.39 is 10.0 Å². The number of aromatic amines is 1. The molecule has 0 bridgehead atoms. The summed E-state index contributed by atoms with van der Waals surface area (Å²) in [6.07, 6.45) is 6.53. The van der Waals surface area contributed by atoms with Crippen LogP contribution in [0.2, 0.25) is 0 Å². The molecule has 0 saturated heterocycles. The van der Waals surface area contributed by atoms with Crippen molar-refractivity contribution in [3.63, 3.8) is 0 Å². The quantitative estimate of drug-likeness (QED) is 0.645. The molecule has 1 aromatic heterocycles. The second-order valence-corrected chi connectivity index (χ2v) is 7.05.